The van der Waals surface area contributed by atoms with E-state index in [1.54, 1.807) is 71.0 Å². The van der Waals surface area contributed by atoms with E-state index in [9.17, 15) is 22.4 Å². The molecule has 0 spiro atoms. The number of carbonyl (C=O) groups excluding carboxylic acids is 2. The van der Waals surface area contributed by atoms with Gasteiger partial charge in [-0.1, -0.05) is 54.1 Å². The van der Waals surface area contributed by atoms with Gasteiger partial charge in [-0.15, -0.1) is 0 Å². The molecule has 0 unspecified atom stereocenters. The zero-order valence-electron chi connectivity index (χ0n) is 27.9. The number of alkyl carbamates (subject to hydrolysis) is 1. The third-order valence-corrected chi connectivity index (χ3v) is 11.1. The molecule has 4 atom stereocenters. The van der Waals surface area contributed by atoms with Crippen LogP contribution >= 0.6 is 11.6 Å². The fraction of sp³-hybridized carbons (Fsp3) is 0.297. The van der Waals surface area contributed by atoms with Gasteiger partial charge in [0.25, 0.3) is 0 Å². The van der Waals surface area contributed by atoms with Gasteiger partial charge >= 0.3 is 6.09 Å². The first-order valence-electron chi connectivity index (χ1n) is 16.1. The Morgan fingerprint density at radius 3 is 2.34 bits per heavy atom. The van der Waals surface area contributed by atoms with E-state index in [0.717, 1.165) is 5.56 Å². The van der Waals surface area contributed by atoms with Gasteiger partial charge in [0.2, 0.25) is 15.9 Å². The summed E-state index contributed by atoms with van der Waals surface area (Å²) in [5.41, 5.74) is 2.27. The lowest BCUT2D eigenvalue weighted by Gasteiger charge is -2.40. The van der Waals surface area contributed by atoms with Crippen molar-refractivity contribution in [3.05, 3.63) is 125 Å². The number of hydrogen-bond acceptors (Lipinski definition) is 7. The minimum atomic E-state index is -3.83. The number of nitrogens with one attached hydrogen (secondary N) is 3. The maximum atomic E-state index is 14.5. The van der Waals surface area contributed by atoms with Crippen molar-refractivity contribution in [3.8, 4) is 5.75 Å². The first kappa shape index (κ1) is 36.8. The molecule has 4 aromatic rings. The van der Waals surface area contributed by atoms with Crippen molar-refractivity contribution in [1.29, 1.82) is 0 Å². The highest BCUT2D eigenvalue weighted by atomic mass is 35.5. The van der Waals surface area contributed by atoms with E-state index in [2.05, 4.69) is 16.0 Å². The van der Waals surface area contributed by atoms with E-state index in [1.165, 1.54) is 32.4 Å². The molecule has 4 aromatic carbocycles. The molecule has 1 aliphatic heterocycles. The Bertz CT molecular complexity index is 1870. The second kappa shape index (κ2) is 16.5. The lowest BCUT2D eigenvalue weighted by Crippen LogP contribution is -2.58. The largest absolute Gasteiger partial charge is 0.497 e. The third-order valence-electron chi connectivity index (χ3n) is 8.76. The van der Waals surface area contributed by atoms with Crippen LogP contribution < -0.4 is 20.7 Å². The average Bonchev–Trinajstić information content (AvgIpc) is 3.11. The maximum absolute atomic E-state index is 14.5. The van der Waals surface area contributed by atoms with Crippen LogP contribution in [0.15, 0.2) is 102 Å². The van der Waals surface area contributed by atoms with Gasteiger partial charge in [0.1, 0.15) is 17.6 Å². The van der Waals surface area contributed by atoms with Crippen molar-refractivity contribution in [2.45, 2.75) is 48.7 Å². The second-order valence-corrected chi connectivity index (χ2v) is 14.3. The number of hydrogen-bond donors (Lipinski definition) is 3. The zero-order valence-corrected chi connectivity index (χ0v) is 29.5. The van der Waals surface area contributed by atoms with E-state index >= 15 is 0 Å². The summed E-state index contributed by atoms with van der Waals surface area (Å²) in [7, 11) is -1.12. The van der Waals surface area contributed by atoms with Crippen LogP contribution in [0.3, 0.4) is 0 Å². The summed E-state index contributed by atoms with van der Waals surface area (Å²) in [6.45, 7) is 2.83. The van der Waals surface area contributed by atoms with Crippen molar-refractivity contribution in [2.75, 3.05) is 32.6 Å². The van der Waals surface area contributed by atoms with Crippen LogP contribution in [0.25, 0.3) is 0 Å². The summed E-state index contributed by atoms with van der Waals surface area (Å²) in [6, 6.07) is 24.3. The fourth-order valence-electron chi connectivity index (χ4n) is 6.39. The van der Waals surface area contributed by atoms with Crippen LogP contribution in [0.1, 0.15) is 36.0 Å². The van der Waals surface area contributed by atoms with Crippen LogP contribution in [0.2, 0.25) is 5.02 Å². The minimum absolute atomic E-state index is 0.182. The van der Waals surface area contributed by atoms with Crippen molar-refractivity contribution >= 4 is 39.3 Å². The number of anilines is 1. The molecule has 1 fully saturated rings. The molecule has 0 saturated carbocycles. The quantitative estimate of drug-likeness (QED) is 0.165. The smallest absolute Gasteiger partial charge is 0.407 e. The molecule has 1 aliphatic rings. The van der Waals surface area contributed by atoms with E-state index in [4.69, 9.17) is 21.1 Å². The zero-order chi connectivity index (χ0) is 35.8. The van der Waals surface area contributed by atoms with E-state index < -0.39 is 39.8 Å². The molecule has 2 amide bonds. The molecule has 0 radical (unpaired) electrons. The first-order chi connectivity index (χ1) is 24.0. The van der Waals surface area contributed by atoms with Crippen molar-refractivity contribution in [2.24, 2.45) is 0 Å². The topological polar surface area (TPSA) is 126 Å². The van der Waals surface area contributed by atoms with Crippen LogP contribution in [-0.2, 0) is 26.0 Å². The molecule has 5 rings (SSSR count). The summed E-state index contributed by atoms with van der Waals surface area (Å²) in [5.74, 6) is -1.37. The third kappa shape index (κ3) is 8.62. The number of nitrogens with zero attached hydrogens (tertiary/aromatic N) is 1. The number of rotatable bonds is 12. The number of piperazine rings is 1. The summed E-state index contributed by atoms with van der Waals surface area (Å²) in [5, 5.41) is 9.37. The maximum Gasteiger partial charge on any atom is 0.407 e. The number of para-hydroxylation sites is 1. The van der Waals surface area contributed by atoms with Crippen LogP contribution in [0.5, 0.6) is 5.75 Å². The summed E-state index contributed by atoms with van der Waals surface area (Å²) >= 11 is 6.33. The number of sulfonamides is 1. The summed E-state index contributed by atoms with van der Waals surface area (Å²) in [6.07, 6.45) is 0.0394. The van der Waals surface area contributed by atoms with Gasteiger partial charge in [-0.05, 0) is 91.1 Å². The SMILES string of the molecule is COC(=O)N[C@H](C(=O)Nc1ccccc1CC[C@H]1CNC[C@H](C)N1S(=O)(=O)c1ccc(OC)cc1)[C@H](c1cccc(F)c1)c1cccc(Cl)c1. The van der Waals surface area contributed by atoms with Gasteiger partial charge in [0, 0.05) is 41.8 Å². The van der Waals surface area contributed by atoms with Crippen molar-refractivity contribution in [1.82, 2.24) is 14.9 Å². The standard InChI is InChI=1S/C37H40ClFN4O6S/c1-24-22-40-23-30(43(24)50(46,47)32-18-16-31(48-2)17-19-32)15-14-25-8-4-5-13-33(25)41-36(44)35(42-37(45)49-3)34(26-9-6-11-28(38)20-26)27-10-7-12-29(39)21-27/h4-13,16-21,24,30,34-35,40H,14-15,22-23H2,1-3H3,(H,41,44)(H,42,45)/t24-,30-,34-,35-/m0/s1. The van der Waals surface area contributed by atoms with Crippen LogP contribution in [0.4, 0.5) is 14.9 Å². The predicted octanol–water partition coefficient (Wildman–Crippen LogP) is 5.97. The van der Waals surface area contributed by atoms with Gasteiger partial charge in [-0.25, -0.2) is 17.6 Å². The van der Waals surface area contributed by atoms with E-state index in [-0.39, 0.29) is 17.0 Å². The molecule has 50 heavy (non-hydrogen) atoms. The summed E-state index contributed by atoms with van der Waals surface area (Å²) < 4.78 is 53.9. The second-order valence-electron chi connectivity index (χ2n) is 12.1. The molecular weight excluding hydrogens is 683 g/mol. The summed E-state index contributed by atoms with van der Waals surface area (Å²) in [4.78, 5) is 27.0. The van der Waals surface area contributed by atoms with Gasteiger partial charge in [-0.2, -0.15) is 4.31 Å². The van der Waals surface area contributed by atoms with Crippen LogP contribution in [0, 0.1) is 5.82 Å². The molecular formula is C37H40ClFN4O6S. The Labute approximate surface area is 297 Å². The Morgan fingerprint density at radius 1 is 0.960 bits per heavy atom. The Hall–Kier alpha value is -4.49. The molecule has 10 nitrogen and oxygen atoms in total. The Morgan fingerprint density at radius 2 is 1.66 bits per heavy atom. The molecule has 0 aliphatic carbocycles. The monoisotopic (exact) mass is 722 g/mol. The number of halogens is 2. The lowest BCUT2D eigenvalue weighted by atomic mass is 9.84. The number of ether oxygens (including phenoxy) is 2. The van der Waals surface area contributed by atoms with Gasteiger partial charge < -0.3 is 25.4 Å². The van der Waals surface area contributed by atoms with E-state index in [1.807, 2.05) is 19.1 Å². The highest BCUT2D eigenvalue weighted by Crippen LogP contribution is 2.32. The molecule has 1 heterocycles. The van der Waals surface area contributed by atoms with Crippen molar-refractivity contribution < 1.29 is 31.9 Å². The molecule has 13 heteroatoms. The average molecular weight is 723 g/mol. The van der Waals surface area contributed by atoms with Gasteiger partial charge in [-0.3, -0.25) is 4.79 Å². The highest BCUT2D eigenvalue weighted by Gasteiger charge is 2.38. The Balaban J connectivity index is 1.42. The number of carbonyl (C=O) groups is 2. The molecule has 264 valence electrons. The van der Waals surface area contributed by atoms with Gasteiger partial charge in [0.05, 0.1) is 19.1 Å². The fourth-order valence-corrected chi connectivity index (χ4v) is 8.43. The highest BCUT2D eigenvalue weighted by molar-refractivity contribution is 7.89. The number of benzene rings is 4. The predicted molar refractivity (Wildman–Crippen MR) is 191 cm³/mol. The normalized spacial score (nSPS) is 17.7. The van der Waals surface area contributed by atoms with E-state index in [0.29, 0.717) is 53.5 Å². The molecule has 1 saturated heterocycles. The molecule has 3 N–H and O–H groups in total. The van der Waals surface area contributed by atoms with Crippen LogP contribution in [-0.4, -0.2) is 70.2 Å². The Kier molecular flexibility index (Phi) is 12.1. The molecule has 0 aromatic heterocycles. The number of aryl methyl sites for hydroxylation is 1. The number of amides is 2. The molecule has 0 bridgehead atoms. The lowest BCUT2D eigenvalue weighted by molar-refractivity contribution is -0.118. The van der Waals surface area contributed by atoms with Crippen molar-refractivity contribution in [3.63, 3.8) is 0 Å². The first-order valence-corrected chi connectivity index (χ1v) is 18.0. The number of methoxy groups -OCH3 is 2. The minimum Gasteiger partial charge on any atom is -0.497 e. The van der Waals surface area contributed by atoms with Gasteiger partial charge in [0.15, 0.2) is 0 Å².